The number of aryl methyl sites for hydroxylation is 1. The quantitative estimate of drug-likeness (QED) is 0.851. The van der Waals surface area contributed by atoms with Crippen molar-refractivity contribution >= 4 is 17.2 Å². The van der Waals surface area contributed by atoms with Crippen LogP contribution in [0.1, 0.15) is 75.5 Å². The van der Waals surface area contributed by atoms with Crippen molar-refractivity contribution in [3.8, 4) is 0 Å². The van der Waals surface area contributed by atoms with Crippen LogP contribution >= 0.6 is 11.3 Å². The molecule has 1 aliphatic heterocycles. The largest absolute Gasteiger partial charge is 0.335 e. The van der Waals surface area contributed by atoms with Crippen LogP contribution in [0.2, 0.25) is 0 Å². The molecule has 4 heteroatoms. The molecule has 0 aromatic carbocycles. The van der Waals surface area contributed by atoms with Gasteiger partial charge in [-0.3, -0.25) is 4.79 Å². The number of carbonyl (C=O) groups excluding carboxylic acids is 1. The molecule has 2 heterocycles. The van der Waals surface area contributed by atoms with E-state index in [9.17, 15) is 4.79 Å². The molecule has 0 spiro atoms. The summed E-state index contributed by atoms with van der Waals surface area (Å²) in [5, 5.41) is 5.75. The van der Waals surface area contributed by atoms with E-state index < -0.39 is 0 Å². The predicted molar refractivity (Wildman–Crippen MR) is 99.3 cm³/mol. The molecule has 130 valence electrons. The van der Waals surface area contributed by atoms with Crippen LogP contribution in [-0.2, 0) is 0 Å². The topological polar surface area (TPSA) is 32.3 Å². The summed E-state index contributed by atoms with van der Waals surface area (Å²) in [6.45, 7) is 14.1. The lowest BCUT2D eigenvalue weighted by molar-refractivity contribution is 0.0445. The molecule has 2 rings (SSSR count). The molecular formula is C19H32N2OS. The molecule has 0 unspecified atom stereocenters. The molecule has 0 atom stereocenters. The summed E-state index contributed by atoms with van der Waals surface area (Å²) < 4.78 is 0. The Balaban J connectivity index is 2.27. The first-order valence-corrected chi connectivity index (χ1v) is 9.67. The lowest BCUT2D eigenvalue weighted by Crippen LogP contribution is -2.62. The van der Waals surface area contributed by atoms with Gasteiger partial charge in [-0.1, -0.05) is 13.3 Å². The third kappa shape index (κ3) is 4.57. The number of hydrogen-bond acceptors (Lipinski definition) is 3. The van der Waals surface area contributed by atoms with Gasteiger partial charge in [0.2, 0.25) is 0 Å². The van der Waals surface area contributed by atoms with Gasteiger partial charge in [-0.05, 0) is 70.9 Å². The third-order valence-electron chi connectivity index (χ3n) is 4.68. The number of nitrogens with one attached hydrogen (secondary N) is 1. The lowest BCUT2D eigenvalue weighted by Gasteiger charge is -2.49. The third-order valence-corrected chi connectivity index (χ3v) is 5.68. The summed E-state index contributed by atoms with van der Waals surface area (Å²) in [6.07, 6.45) is 4.21. The molecule has 3 nitrogen and oxygen atoms in total. The highest BCUT2D eigenvalue weighted by molar-refractivity contribution is 7.12. The van der Waals surface area contributed by atoms with Gasteiger partial charge in [0.1, 0.15) is 0 Å². The first kappa shape index (κ1) is 18.5. The average Bonchev–Trinajstić information content (AvgIpc) is 2.81. The fourth-order valence-corrected chi connectivity index (χ4v) is 4.87. The molecule has 1 amide bonds. The van der Waals surface area contributed by atoms with Gasteiger partial charge in [-0.15, -0.1) is 11.3 Å². The second-order valence-electron chi connectivity index (χ2n) is 8.24. The molecule has 1 fully saturated rings. The van der Waals surface area contributed by atoms with E-state index in [-0.39, 0.29) is 17.0 Å². The van der Waals surface area contributed by atoms with Crippen LogP contribution < -0.4 is 5.32 Å². The highest BCUT2D eigenvalue weighted by Gasteiger charge is 2.41. The highest BCUT2D eigenvalue weighted by atomic mass is 32.1. The van der Waals surface area contributed by atoms with Crippen molar-refractivity contribution in [3.63, 3.8) is 0 Å². The van der Waals surface area contributed by atoms with E-state index in [1.165, 1.54) is 0 Å². The predicted octanol–water partition coefficient (Wildman–Crippen LogP) is 4.61. The number of unbranched alkanes of at least 4 members (excludes halogenated alkanes) is 1. The molecule has 0 aliphatic carbocycles. The standard InChI is InChI=1S/C19H32N2OS/c1-7-8-10-21(17(22)16-14(2)9-11-23-16)15-12-18(3,4)20-19(5,6)13-15/h9,11,15,20H,7-8,10,12-13H2,1-6H3. The van der Waals surface area contributed by atoms with Crippen molar-refractivity contribution in [3.05, 3.63) is 21.9 Å². The maximum absolute atomic E-state index is 13.2. The molecule has 1 aliphatic rings. The first-order valence-electron chi connectivity index (χ1n) is 8.79. The van der Waals surface area contributed by atoms with E-state index in [0.29, 0.717) is 6.04 Å². The Bertz CT molecular complexity index is 531. The van der Waals surface area contributed by atoms with Gasteiger partial charge in [0.05, 0.1) is 4.88 Å². The Morgan fingerprint density at radius 3 is 2.39 bits per heavy atom. The fraction of sp³-hybridized carbons (Fsp3) is 0.737. The van der Waals surface area contributed by atoms with Crippen LogP contribution in [0.3, 0.4) is 0 Å². The number of piperidine rings is 1. The van der Waals surface area contributed by atoms with Gasteiger partial charge >= 0.3 is 0 Å². The minimum Gasteiger partial charge on any atom is -0.335 e. The zero-order valence-corrected chi connectivity index (χ0v) is 16.3. The minimum absolute atomic E-state index is 0.0572. The smallest absolute Gasteiger partial charge is 0.264 e. The van der Waals surface area contributed by atoms with Crippen molar-refractivity contribution in [1.82, 2.24) is 10.2 Å². The monoisotopic (exact) mass is 336 g/mol. The number of nitrogens with zero attached hydrogens (tertiary/aromatic N) is 1. The lowest BCUT2D eigenvalue weighted by atomic mass is 9.79. The van der Waals surface area contributed by atoms with Crippen molar-refractivity contribution in [1.29, 1.82) is 0 Å². The van der Waals surface area contributed by atoms with E-state index in [2.05, 4.69) is 44.8 Å². The summed E-state index contributed by atoms with van der Waals surface area (Å²) >= 11 is 1.58. The fourth-order valence-electron chi connectivity index (χ4n) is 3.99. The van der Waals surface area contributed by atoms with Crippen LogP contribution in [0.15, 0.2) is 11.4 Å². The second-order valence-corrected chi connectivity index (χ2v) is 9.16. The Morgan fingerprint density at radius 2 is 1.91 bits per heavy atom. The first-order chi connectivity index (χ1) is 10.7. The van der Waals surface area contributed by atoms with E-state index >= 15 is 0 Å². The summed E-state index contributed by atoms with van der Waals surface area (Å²) in [5.41, 5.74) is 1.22. The Kier molecular flexibility index (Phi) is 5.57. The van der Waals surface area contributed by atoms with E-state index in [1.807, 2.05) is 18.4 Å². The summed E-state index contributed by atoms with van der Waals surface area (Å²) in [4.78, 5) is 16.2. The van der Waals surface area contributed by atoms with E-state index in [0.717, 1.165) is 42.7 Å². The zero-order valence-electron chi connectivity index (χ0n) is 15.5. The number of hydrogen-bond donors (Lipinski definition) is 1. The highest BCUT2D eigenvalue weighted by Crippen LogP contribution is 2.33. The van der Waals surface area contributed by atoms with Gasteiger partial charge in [0, 0.05) is 23.7 Å². The second kappa shape index (κ2) is 6.94. The normalized spacial score (nSPS) is 20.4. The van der Waals surface area contributed by atoms with Crippen molar-refractivity contribution < 1.29 is 4.79 Å². The molecule has 0 bridgehead atoms. The molecule has 1 aromatic heterocycles. The van der Waals surface area contributed by atoms with Crippen molar-refractivity contribution in [2.75, 3.05) is 6.54 Å². The van der Waals surface area contributed by atoms with Crippen LogP contribution in [0.25, 0.3) is 0 Å². The average molecular weight is 337 g/mol. The van der Waals surface area contributed by atoms with Gasteiger partial charge in [-0.25, -0.2) is 0 Å². The molecule has 0 radical (unpaired) electrons. The van der Waals surface area contributed by atoms with Crippen molar-refractivity contribution in [2.24, 2.45) is 0 Å². The molecule has 1 N–H and O–H groups in total. The van der Waals surface area contributed by atoms with Crippen LogP contribution in [-0.4, -0.2) is 34.5 Å². The maximum atomic E-state index is 13.2. The molecule has 1 saturated heterocycles. The number of carbonyl (C=O) groups is 1. The summed E-state index contributed by atoms with van der Waals surface area (Å²) in [6, 6.07) is 2.36. The number of thiophene rings is 1. The van der Waals surface area contributed by atoms with Gasteiger partial charge in [0.25, 0.3) is 5.91 Å². The zero-order chi connectivity index (χ0) is 17.3. The summed E-state index contributed by atoms with van der Waals surface area (Å²) in [5.74, 6) is 0.226. The Labute approximate surface area is 145 Å². The molecular weight excluding hydrogens is 304 g/mol. The van der Waals surface area contributed by atoms with Gasteiger partial charge < -0.3 is 10.2 Å². The van der Waals surface area contributed by atoms with Gasteiger partial charge in [-0.2, -0.15) is 0 Å². The molecule has 0 saturated carbocycles. The maximum Gasteiger partial charge on any atom is 0.264 e. The van der Waals surface area contributed by atoms with Gasteiger partial charge in [0.15, 0.2) is 0 Å². The Morgan fingerprint density at radius 1 is 1.30 bits per heavy atom. The number of amides is 1. The molecule has 1 aromatic rings. The van der Waals surface area contributed by atoms with E-state index in [1.54, 1.807) is 11.3 Å². The minimum atomic E-state index is 0.0572. The molecule has 23 heavy (non-hydrogen) atoms. The summed E-state index contributed by atoms with van der Waals surface area (Å²) in [7, 11) is 0. The number of rotatable bonds is 5. The van der Waals surface area contributed by atoms with Crippen molar-refractivity contribution in [2.45, 2.75) is 84.3 Å². The Hall–Kier alpha value is -0.870. The van der Waals surface area contributed by atoms with E-state index in [4.69, 9.17) is 0 Å². The van der Waals surface area contributed by atoms with Crippen LogP contribution in [0, 0.1) is 6.92 Å². The van der Waals surface area contributed by atoms with Crippen LogP contribution in [0.5, 0.6) is 0 Å². The SMILES string of the molecule is CCCCN(C(=O)c1sccc1C)C1CC(C)(C)NC(C)(C)C1. The van der Waals surface area contributed by atoms with Crippen LogP contribution in [0.4, 0.5) is 0 Å².